The van der Waals surface area contributed by atoms with Crippen LogP contribution < -0.4 is 0 Å². The highest BCUT2D eigenvalue weighted by atomic mass is 16.2. The Kier molecular flexibility index (Phi) is 4.57. The predicted molar refractivity (Wildman–Crippen MR) is 104 cm³/mol. The molecule has 134 valence electrons. The van der Waals surface area contributed by atoms with Gasteiger partial charge in [0.1, 0.15) is 0 Å². The maximum Gasteiger partial charge on any atom is 0.237 e. The molecule has 3 heteroatoms. The fraction of sp³-hybridized carbons (Fsp3) is 0.304. The van der Waals surface area contributed by atoms with Crippen LogP contribution in [0.3, 0.4) is 0 Å². The molecular formula is C23H25NO2. The van der Waals surface area contributed by atoms with Crippen molar-refractivity contribution in [2.75, 3.05) is 0 Å². The first kappa shape index (κ1) is 18.1. The third kappa shape index (κ3) is 2.98. The lowest BCUT2D eigenvalue weighted by atomic mass is 9.88. The zero-order chi connectivity index (χ0) is 19.1. The van der Waals surface area contributed by atoms with Crippen molar-refractivity contribution in [1.29, 1.82) is 0 Å². The fourth-order valence-electron chi connectivity index (χ4n) is 3.43. The summed E-state index contributed by atoms with van der Waals surface area (Å²) in [5.41, 5.74) is 3.16. The molecule has 1 heterocycles. The van der Waals surface area contributed by atoms with Gasteiger partial charge in [-0.15, -0.1) is 0 Å². The quantitative estimate of drug-likeness (QED) is 0.717. The summed E-state index contributed by atoms with van der Waals surface area (Å²) >= 11 is 0. The standard InChI is InChI=1S/C23H25NO2/c1-15-16(2)21(25)24(22(26)23(3,4)5)20(15)19-14-10-9-13-18(19)17-11-7-6-8-12-17/h6-14,16,20H,1H2,2-5H3/t16-,20+/m1/s1. The van der Waals surface area contributed by atoms with E-state index in [1.54, 1.807) is 0 Å². The minimum atomic E-state index is -0.639. The average Bonchev–Trinajstić information content (AvgIpc) is 2.85. The van der Waals surface area contributed by atoms with Gasteiger partial charge >= 0.3 is 0 Å². The second kappa shape index (κ2) is 6.56. The Bertz CT molecular complexity index is 861. The van der Waals surface area contributed by atoms with Gasteiger partial charge in [-0.25, -0.2) is 0 Å². The largest absolute Gasteiger partial charge is 0.274 e. The zero-order valence-electron chi connectivity index (χ0n) is 15.8. The van der Waals surface area contributed by atoms with Crippen molar-refractivity contribution >= 4 is 11.8 Å². The van der Waals surface area contributed by atoms with Crippen LogP contribution in [0.1, 0.15) is 39.3 Å². The molecule has 3 nitrogen and oxygen atoms in total. The summed E-state index contributed by atoms with van der Waals surface area (Å²) in [4.78, 5) is 27.4. The number of carbonyl (C=O) groups excluding carboxylic acids is 2. The molecule has 1 fully saturated rings. The molecule has 0 radical (unpaired) electrons. The van der Waals surface area contributed by atoms with Crippen molar-refractivity contribution in [1.82, 2.24) is 4.90 Å². The number of benzene rings is 2. The molecular weight excluding hydrogens is 322 g/mol. The molecule has 0 aliphatic carbocycles. The molecule has 2 amide bonds. The zero-order valence-corrected chi connectivity index (χ0v) is 15.8. The molecule has 26 heavy (non-hydrogen) atoms. The molecule has 0 saturated carbocycles. The minimum Gasteiger partial charge on any atom is -0.274 e. The van der Waals surface area contributed by atoms with Crippen LogP contribution in [-0.4, -0.2) is 16.7 Å². The molecule has 0 unspecified atom stereocenters. The van der Waals surface area contributed by atoms with E-state index in [2.05, 4.69) is 6.58 Å². The molecule has 2 aromatic carbocycles. The van der Waals surface area contributed by atoms with Gasteiger partial charge in [0.05, 0.1) is 12.0 Å². The van der Waals surface area contributed by atoms with Crippen LogP contribution in [0.4, 0.5) is 0 Å². The van der Waals surface area contributed by atoms with Gasteiger partial charge in [-0.2, -0.15) is 0 Å². The molecule has 1 aliphatic rings. The summed E-state index contributed by atoms with van der Waals surface area (Å²) < 4.78 is 0. The van der Waals surface area contributed by atoms with Crippen molar-refractivity contribution in [2.24, 2.45) is 11.3 Å². The molecule has 2 atom stereocenters. The topological polar surface area (TPSA) is 37.4 Å². The SMILES string of the molecule is C=C1[C@@H](C)C(=O)N(C(=O)C(C)(C)C)[C@@H]1c1ccccc1-c1ccccc1. The summed E-state index contributed by atoms with van der Waals surface area (Å²) in [5, 5.41) is 0. The van der Waals surface area contributed by atoms with E-state index >= 15 is 0 Å². The van der Waals surface area contributed by atoms with Crippen molar-refractivity contribution in [2.45, 2.75) is 33.7 Å². The van der Waals surface area contributed by atoms with Gasteiger partial charge < -0.3 is 0 Å². The van der Waals surface area contributed by atoms with Gasteiger partial charge in [-0.1, -0.05) is 81.9 Å². The van der Waals surface area contributed by atoms with Gasteiger partial charge in [0.15, 0.2) is 0 Å². The Morgan fingerprint density at radius 3 is 2.19 bits per heavy atom. The van der Waals surface area contributed by atoms with Gasteiger partial charge in [0, 0.05) is 5.41 Å². The van der Waals surface area contributed by atoms with E-state index in [4.69, 9.17) is 0 Å². The first-order valence-electron chi connectivity index (χ1n) is 8.94. The average molecular weight is 347 g/mol. The lowest BCUT2D eigenvalue weighted by Gasteiger charge is -2.31. The molecule has 0 spiro atoms. The maximum atomic E-state index is 13.1. The summed E-state index contributed by atoms with van der Waals surface area (Å²) in [7, 11) is 0. The number of hydrogen-bond donors (Lipinski definition) is 0. The Labute approximate surface area is 155 Å². The number of nitrogens with zero attached hydrogens (tertiary/aromatic N) is 1. The third-order valence-electron chi connectivity index (χ3n) is 4.97. The van der Waals surface area contributed by atoms with Gasteiger partial charge in [0.25, 0.3) is 0 Å². The summed E-state index contributed by atoms with van der Waals surface area (Å²) in [6.45, 7) is 11.5. The van der Waals surface area contributed by atoms with Crippen LogP contribution in [-0.2, 0) is 9.59 Å². The van der Waals surface area contributed by atoms with Crippen LogP contribution >= 0.6 is 0 Å². The van der Waals surface area contributed by atoms with Crippen LogP contribution in [0, 0.1) is 11.3 Å². The Balaban J connectivity index is 2.17. The number of carbonyl (C=O) groups is 2. The molecule has 0 bridgehead atoms. The van der Waals surface area contributed by atoms with E-state index < -0.39 is 11.5 Å². The van der Waals surface area contributed by atoms with Crippen molar-refractivity contribution in [3.8, 4) is 11.1 Å². The smallest absolute Gasteiger partial charge is 0.237 e. The van der Waals surface area contributed by atoms with E-state index in [1.807, 2.05) is 82.3 Å². The fourth-order valence-corrected chi connectivity index (χ4v) is 3.43. The Morgan fingerprint density at radius 1 is 1.00 bits per heavy atom. The molecule has 2 aromatic rings. The van der Waals surface area contributed by atoms with Gasteiger partial charge in [0.2, 0.25) is 11.8 Å². The number of rotatable bonds is 2. The van der Waals surface area contributed by atoms with Crippen molar-refractivity contribution in [3.63, 3.8) is 0 Å². The Hall–Kier alpha value is -2.68. The first-order valence-corrected chi connectivity index (χ1v) is 8.94. The normalized spacial score (nSPS) is 20.5. The highest BCUT2D eigenvalue weighted by Gasteiger charge is 2.47. The predicted octanol–water partition coefficient (Wildman–Crippen LogP) is 5.00. The lowest BCUT2D eigenvalue weighted by Crippen LogP contribution is -2.42. The summed E-state index contributed by atoms with van der Waals surface area (Å²) in [6, 6.07) is 17.5. The maximum absolute atomic E-state index is 13.1. The van der Waals surface area contributed by atoms with E-state index in [0.29, 0.717) is 0 Å². The van der Waals surface area contributed by atoms with Crippen LogP contribution in [0.25, 0.3) is 11.1 Å². The summed E-state index contributed by atoms with van der Waals surface area (Å²) in [5.74, 6) is -0.696. The van der Waals surface area contributed by atoms with Crippen molar-refractivity contribution < 1.29 is 9.59 Å². The van der Waals surface area contributed by atoms with E-state index in [1.165, 1.54) is 4.90 Å². The number of amides is 2. The van der Waals surface area contributed by atoms with Crippen LogP contribution in [0.15, 0.2) is 66.7 Å². The highest BCUT2D eigenvalue weighted by molar-refractivity contribution is 6.03. The highest BCUT2D eigenvalue weighted by Crippen LogP contribution is 2.45. The number of hydrogen-bond acceptors (Lipinski definition) is 2. The number of likely N-dealkylation sites (tertiary alicyclic amines) is 1. The second-order valence-electron chi connectivity index (χ2n) is 7.92. The second-order valence-corrected chi connectivity index (χ2v) is 7.92. The molecule has 3 rings (SSSR count). The minimum absolute atomic E-state index is 0.164. The van der Waals surface area contributed by atoms with E-state index in [9.17, 15) is 9.59 Å². The number of imide groups is 1. The van der Waals surface area contributed by atoms with E-state index in [-0.39, 0.29) is 17.7 Å². The monoisotopic (exact) mass is 347 g/mol. The molecule has 0 aromatic heterocycles. The molecule has 1 aliphatic heterocycles. The van der Waals surface area contributed by atoms with Crippen molar-refractivity contribution in [3.05, 3.63) is 72.3 Å². The van der Waals surface area contributed by atoms with Crippen LogP contribution in [0.5, 0.6) is 0 Å². The first-order chi connectivity index (χ1) is 12.2. The molecule has 0 N–H and O–H groups in total. The lowest BCUT2D eigenvalue weighted by molar-refractivity contribution is -0.150. The van der Waals surface area contributed by atoms with Gasteiger partial charge in [-0.3, -0.25) is 14.5 Å². The summed E-state index contributed by atoms with van der Waals surface area (Å²) in [6.07, 6.45) is 0. The van der Waals surface area contributed by atoms with Crippen LogP contribution in [0.2, 0.25) is 0 Å². The molecule has 1 saturated heterocycles. The Morgan fingerprint density at radius 2 is 1.58 bits per heavy atom. The van der Waals surface area contributed by atoms with E-state index in [0.717, 1.165) is 22.3 Å². The third-order valence-corrected chi connectivity index (χ3v) is 4.97. The van der Waals surface area contributed by atoms with Gasteiger partial charge in [-0.05, 0) is 29.2 Å².